The molecule has 2 N–H and O–H groups in total. The van der Waals surface area contributed by atoms with Gasteiger partial charge < -0.3 is 10.6 Å². The van der Waals surface area contributed by atoms with Gasteiger partial charge in [-0.2, -0.15) is 0 Å². The average Bonchev–Trinajstić information content (AvgIpc) is 2.60. The number of rotatable bonds is 2. The van der Waals surface area contributed by atoms with Crippen molar-refractivity contribution in [1.82, 2.24) is 15.3 Å². The quantitative estimate of drug-likeness (QED) is 0.759. The van der Waals surface area contributed by atoms with E-state index in [2.05, 4.69) is 20.6 Å². The zero-order valence-corrected chi connectivity index (χ0v) is 8.69. The molecule has 4 nitrogen and oxygen atoms in total. The van der Waals surface area contributed by atoms with Crippen molar-refractivity contribution < 1.29 is 0 Å². The Morgan fingerprint density at radius 2 is 2.00 bits per heavy atom. The SMILES string of the molecule is c1cnc(NC2CC3CCC(C2)N3)cn1. The summed E-state index contributed by atoms with van der Waals surface area (Å²) in [4.78, 5) is 8.31. The first kappa shape index (κ1) is 9.09. The second-order valence-electron chi connectivity index (χ2n) is 4.54. The number of hydrogen-bond acceptors (Lipinski definition) is 4. The Bertz CT molecular complexity index is 315. The molecule has 0 aliphatic carbocycles. The molecule has 4 heteroatoms. The molecule has 2 aliphatic heterocycles. The van der Waals surface area contributed by atoms with Crippen LogP contribution >= 0.6 is 0 Å². The van der Waals surface area contributed by atoms with Crippen molar-refractivity contribution >= 4 is 5.82 Å². The van der Waals surface area contributed by atoms with Crippen molar-refractivity contribution in [2.75, 3.05) is 5.32 Å². The van der Waals surface area contributed by atoms with E-state index in [9.17, 15) is 0 Å². The van der Waals surface area contributed by atoms with E-state index in [-0.39, 0.29) is 0 Å². The maximum absolute atomic E-state index is 4.25. The zero-order valence-electron chi connectivity index (χ0n) is 8.69. The van der Waals surface area contributed by atoms with Crippen LogP contribution in [0, 0.1) is 0 Å². The van der Waals surface area contributed by atoms with Crippen LogP contribution in [0.25, 0.3) is 0 Å². The number of nitrogens with one attached hydrogen (secondary N) is 2. The fourth-order valence-electron chi connectivity index (χ4n) is 2.76. The molecule has 0 aromatic carbocycles. The number of aromatic nitrogens is 2. The lowest BCUT2D eigenvalue weighted by Gasteiger charge is -2.29. The van der Waals surface area contributed by atoms with Gasteiger partial charge in [0.15, 0.2) is 0 Å². The number of anilines is 1. The van der Waals surface area contributed by atoms with Crippen LogP contribution in [0.4, 0.5) is 5.82 Å². The molecule has 2 unspecified atom stereocenters. The highest BCUT2D eigenvalue weighted by Gasteiger charge is 2.33. The lowest BCUT2D eigenvalue weighted by Crippen LogP contribution is -2.43. The van der Waals surface area contributed by atoms with Gasteiger partial charge >= 0.3 is 0 Å². The van der Waals surface area contributed by atoms with Gasteiger partial charge in [-0.05, 0) is 25.7 Å². The van der Waals surface area contributed by atoms with Crippen molar-refractivity contribution in [1.29, 1.82) is 0 Å². The monoisotopic (exact) mass is 204 g/mol. The highest BCUT2D eigenvalue weighted by atomic mass is 15.1. The summed E-state index contributed by atoms with van der Waals surface area (Å²) in [6, 6.07) is 2.01. The van der Waals surface area contributed by atoms with E-state index in [1.54, 1.807) is 18.6 Å². The molecule has 2 saturated heterocycles. The molecule has 0 spiro atoms. The molecule has 15 heavy (non-hydrogen) atoms. The van der Waals surface area contributed by atoms with Crippen molar-refractivity contribution in [2.45, 2.75) is 43.8 Å². The van der Waals surface area contributed by atoms with Gasteiger partial charge in [0.25, 0.3) is 0 Å². The topological polar surface area (TPSA) is 49.8 Å². The van der Waals surface area contributed by atoms with Crippen LogP contribution in [0.3, 0.4) is 0 Å². The molecule has 0 radical (unpaired) electrons. The van der Waals surface area contributed by atoms with E-state index < -0.39 is 0 Å². The molecule has 80 valence electrons. The molecule has 3 rings (SSSR count). The molecule has 1 aromatic heterocycles. The molecule has 2 bridgehead atoms. The summed E-state index contributed by atoms with van der Waals surface area (Å²) in [5.41, 5.74) is 0. The van der Waals surface area contributed by atoms with Crippen molar-refractivity contribution in [3.8, 4) is 0 Å². The number of fused-ring (bicyclic) bond motifs is 2. The van der Waals surface area contributed by atoms with Crippen LogP contribution in [-0.2, 0) is 0 Å². The summed E-state index contributed by atoms with van der Waals surface area (Å²) in [5.74, 6) is 0.906. The maximum Gasteiger partial charge on any atom is 0.144 e. The lowest BCUT2D eigenvalue weighted by molar-refractivity contribution is 0.377. The summed E-state index contributed by atoms with van der Waals surface area (Å²) in [5, 5.41) is 7.10. The van der Waals surface area contributed by atoms with Gasteiger partial charge in [-0.3, -0.25) is 4.98 Å². The van der Waals surface area contributed by atoms with Gasteiger partial charge in [0.1, 0.15) is 5.82 Å². The predicted octanol–water partition coefficient (Wildman–Crippen LogP) is 1.17. The number of hydrogen-bond donors (Lipinski definition) is 2. The van der Waals surface area contributed by atoms with Gasteiger partial charge in [0, 0.05) is 30.5 Å². The van der Waals surface area contributed by atoms with Crippen LogP contribution in [0.15, 0.2) is 18.6 Å². The number of nitrogens with zero attached hydrogens (tertiary/aromatic N) is 2. The van der Waals surface area contributed by atoms with E-state index >= 15 is 0 Å². The first-order valence-corrected chi connectivity index (χ1v) is 5.69. The molecule has 2 atom stereocenters. The Morgan fingerprint density at radius 3 is 2.67 bits per heavy atom. The second-order valence-corrected chi connectivity index (χ2v) is 4.54. The van der Waals surface area contributed by atoms with Crippen LogP contribution in [0.1, 0.15) is 25.7 Å². The molecule has 0 saturated carbocycles. The highest BCUT2D eigenvalue weighted by Crippen LogP contribution is 2.28. The standard InChI is InChI=1S/C11H16N4/c1-2-9-6-10(5-8(1)14-9)15-11-7-12-3-4-13-11/h3-4,7-10,14H,1-2,5-6H2,(H,13,15). The summed E-state index contributed by atoms with van der Waals surface area (Å²) in [7, 11) is 0. The Morgan fingerprint density at radius 1 is 1.20 bits per heavy atom. The maximum atomic E-state index is 4.25. The van der Waals surface area contributed by atoms with E-state index in [4.69, 9.17) is 0 Å². The van der Waals surface area contributed by atoms with Crippen molar-refractivity contribution in [3.05, 3.63) is 18.6 Å². The normalized spacial score (nSPS) is 34.0. The Balaban J connectivity index is 1.65. The largest absolute Gasteiger partial charge is 0.366 e. The summed E-state index contributed by atoms with van der Waals surface area (Å²) in [6.07, 6.45) is 10.3. The smallest absolute Gasteiger partial charge is 0.144 e. The molecular weight excluding hydrogens is 188 g/mol. The van der Waals surface area contributed by atoms with E-state index in [0.29, 0.717) is 6.04 Å². The Kier molecular flexibility index (Phi) is 2.29. The van der Waals surface area contributed by atoms with Gasteiger partial charge in [0.05, 0.1) is 6.20 Å². The molecule has 0 amide bonds. The van der Waals surface area contributed by atoms with Crippen LogP contribution in [0.2, 0.25) is 0 Å². The zero-order chi connectivity index (χ0) is 10.1. The van der Waals surface area contributed by atoms with Crippen LogP contribution in [0.5, 0.6) is 0 Å². The third-order valence-electron chi connectivity index (χ3n) is 3.39. The van der Waals surface area contributed by atoms with E-state index in [1.165, 1.54) is 25.7 Å². The Hall–Kier alpha value is -1.16. The minimum Gasteiger partial charge on any atom is -0.366 e. The third-order valence-corrected chi connectivity index (χ3v) is 3.39. The van der Waals surface area contributed by atoms with Gasteiger partial charge in [-0.25, -0.2) is 4.98 Å². The summed E-state index contributed by atoms with van der Waals surface area (Å²) >= 11 is 0. The summed E-state index contributed by atoms with van der Waals surface area (Å²) < 4.78 is 0. The molecule has 3 heterocycles. The Labute approximate surface area is 89.5 Å². The van der Waals surface area contributed by atoms with Gasteiger partial charge in [-0.15, -0.1) is 0 Å². The fraction of sp³-hybridized carbons (Fsp3) is 0.636. The third kappa shape index (κ3) is 1.95. The molecule has 2 aliphatic rings. The highest BCUT2D eigenvalue weighted by molar-refractivity contribution is 5.32. The van der Waals surface area contributed by atoms with E-state index in [1.807, 2.05) is 0 Å². The van der Waals surface area contributed by atoms with Crippen molar-refractivity contribution in [2.24, 2.45) is 0 Å². The summed E-state index contributed by atoms with van der Waals surface area (Å²) in [6.45, 7) is 0. The van der Waals surface area contributed by atoms with Gasteiger partial charge in [0.2, 0.25) is 0 Å². The average molecular weight is 204 g/mol. The molecule has 1 aromatic rings. The fourth-order valence-corrected chi connectivity index (χ4v) is 2.76. The minimum atomic E-state index is 0.570. The molecular formula is C11H16N4. The lowest BCUT2D eigenvalue weighted by atomic mass is 10.00. The van der Waals surface area contributed by atoms with E-state index in [0.717, 1.165) is 17.9 Å². The van der Waals surface area contributed by atoms with Gasteiger partial charge in [-0.1, -0.05) is 0 Å². The predicted molar refractivity (Wildman–Crippen MR) is 58.6 cm³/mol. The first-order valence-electron chi connectivity index (χ1n) is 5.69. The van der Waals surface area contributed by atoms with Crippen LogP contribution < -0.4 is 10.6 Å². The minimum absolute atomic E-state index is 0.570. The van der Waals surface area contributed by atoms with Crippen LogP contribution in [-0.4, -0.2) is 28.1 Å². The first-order chi connectivity index (χ1) is 7.40. The molecule has 2 fully saturated rings. The van der Waals surface area contributed by atoms with Crippen molar-refractivity contribution in [3.63, 3.8) is 0 Å². The second kappa shape index (κ2) is 3.77. The number of piperidine rings is 1.